The maximum absolute atomic E-state index is 13.2. The van der Waals surface area contributed by atoms with Gasteiger partial charge in [0.1, 0.15) is 6.17 Å². The molecule has 7 heteroatoms. The summed E-state index contributed by atoms with van der Waals surface area (Å²) in [7, 11) is 0. The zero-order valence-electron chi connectivity index (χ0n) is 12.0. The van der Waals surface area contributed by atoms with E-state index in [9.17, 15) is 9.18 Å². The SMILES string of the molecule is Cc1cn(-c2cccc(Br)c2)c(=NC(=O)N2CC[C@@H](F)C2)s1. The minimum atomic E-state index is -0.929. The second-order valence-corrected chi connectivity index (χ2v) is 7.33. The summed E-state index contributed by atoms with van der Waals surface area (Å²) in [5.41, 5.74) is 0.926. The summed E-state index contributed by atoms with van der Waals surface area (Å²) < 4.78 is 16.1. The van der Waals surface area contributed by atoms with E-state index < -0.39 is 6.17 Å². The number of aryl methyl sites for hydroxylation is 1. The summed E-state index contributed by atoms with van der Waals surface area (Å²) in [4.78, 5) is 19.5. The Bertz CT molecular complexity index is 770. The van der Waals surface area contributed by atoms with Crippen molar-refractivity contribution in [3.05, 3.63) is 44.6 Å². The molecule has 0 radical (unpaired) electrons. The van der Waals surface area contributed by atoms with Gasteiger partial charge in [-0.15, -0.1) is 11.3 Å². The molecule has 3 rings (SSSR count). The summed E-state index contributed by atoms with van der Waals surface area (Å²) in [6.07, 6.45) is 1.41. The van der Waals surface area contributed by atoms with Gasteiger partial charge in [0.2, 0.25) is 0 Å². The van der Waals surface area contributed by atoms with Crippen LogP contribution >= 0.6 is 27.3 Å². The van der Waals surface area contributed by atoms with Crippen LogP contribution in [0.25, 0.3) is 5.69 Å². The Hall–Kier alpha value is -1.47. The van der Waals surface area contributed by atoms with Gasteiger partial charge in [0.15, 0.2) is 4.80 Å². The van der Waals surface area contributed by atoms with Gasteiger partial charge in [-0.3, -0.25) is 4.57 Å². The highest BCUT2D eigenvalue weighted by Gasteiger charge is 2.25. The Morgan fingerprint density at radius 3 is 3.00 bits per heavy atom. The molecule has 0 aliphatic carbocycles. The lowest BCUT2D eigenvalue weighted by atomic mass is 10.3. The van der Waals surface area contributed by atoms with E-state index in [0.717, 1.165) is 15.0 Å². The maximum Gasteiger partial charge on any atom is 0.346 e. The molecule has 0 N–H and O–H groups in total. The van der Waals surface area contributed by atoms with Crippen molar-refractivity contribution < 1.29 is 9.18 Å². The van der Waals surface area contributed by atoms with E-state index >= 15 is 0 Å². The summed E-state index contributed by atoms with van der Waals surface area (Å²) in [5.74, 6) is 0. The second kappa shape index (κ2) is 6.34. The summed E-state index contributed by atoms with van der Waals surface area (Å²) in [5, 5.41) is 0. The summed E-state index contributed by atoms with van der Waals surface area (Å²) in [6, 6.07) is 7.42. The average Bonchev–Trinajstić information content (AvgIpc) is 3.05. The van der Waals surface area contributed by atoms with Gasteiger partial charge in [0.25, 0.3) is 0 Å². The number of amides is 2. The average molecular weight is 384 g/mol. The number of carbonyl (C=O) groups is 1. The fourth-order valence-corrected chi connectivity index (χ4v) is 3.60. The van der Waals surface area contributed by atoms with Crippen LogP contribution in [0.4, 0.5) is 9.18 Å². The van der Waals surface area contributed by atoms with Crippen LogP contribution in [0.2, 0.25) is 0 Å². The lowest BCUT2D eigenvalue weighted by Gasteiger charge is -2.10. The Kier molecular flexibility index (Phi) is 4.44. The van der Waals surface area contributed by atoms with Crippen molar-refractivity contribution in [3.8, 4) is 5.69 Å². The second-order valence-electron chi connectivity index (χ2n) is 5.20. The van der Waals surface area contributed by atoms with Gasteiger partial charge < -0.3 is 4.90 Å². The molecule has 1 atom stereocenters. The molecule has 116 valence electrons. The van der Waals surface area contributed by atoms with Gasteiger partial charge in [-0.05, 0) is 31.5 Å². The molecule has 0 unspecified atom stereocenters. The number of likely N-dealkylation sites (tertiary alicyclic amines) is 1. The molecule has 1 saturated heterocycles. The van der Waals surface area contributed by atoms with Crippen molar-refractivity contribution in [1.29, 1.82) is 0 Å². The molecule has 0 saturated carbocycles. The van der Waals surface area contributed by atoms with Crippen LogP contribution in [0.5, 0.6) is 0 Å². The smallest absolute Gasteiger partial charge is 0.320 e. The molecule has 1 aromatic carbocycles. The number of urea groups is 1. The van der Waals surface area contributed by atoms with E-state index in [1.54, 1.807) is 0 Å². The van der Waals surface area contributed by atoms with Gasteiger partial charge in [0, 0.05) is 27.8 Å². The van der Waals surface area contributed by atoms with Gasteiger partial charge in [-0.1, -0.05) is 22.0 Å². The van der Waals surface area contributed by atoms with Crippen molar-refractivity contribution in [2.24, 2.45) is 4.99 Å². The van der Waals surface area contributed by atoms with Crippen molar-refractivity contribution in [3.63, 3.8) is 0 Å². The molecule has 0 bridgehead atoms. The number of hydrogen-bond donors (Lipinski definition) is 0. The third kappa shape index (κ3) is 3.30. The topological polar surface area (TPSA) is 37.6 Å². The normalized spacial score (nSPS) is 19.0. The molecule has 2 amide bonds. The van der Waals surface area contributed by atoms with E-state index in [-0.39, 0.29) is 12.6 Å². The molecule has 22 heavy (non-hydrogen) atoms. The standard InChI is InChI=1S/C15H15BrFN3OS/c1-10-8-20(13-4-2-3-11(16)7-13)15(22-10)18-14(21)19-6-5-12(17)9-19/h2-4,7-8,12H,5-6,9H2,1H3/t12-/m1/s1. The summed E-state index contributed by atoms with van der Waals surface area (Å²) >= 11 is 4.89. The molecule has 4 nitrogen and oxygen atoms in total. The van der Waals surface area contributed by atoms with Crippen LogP contribution in [0.3, 0.4) is 0 Å². The molecule has 1 fully saturated rings. The molecular formula is C15H15BrFN3OS. The fraction of sp³-hybridized carbons (Fsp3) is 0.333. The van der Waals surface area contributed by atoms with Crippen LogP contribution in [0.15, 0.2) is 39.9 Å². The van der Waals surface area contributed by atoms with E-state index in [1.807, 2.05) is 42.0 Å². The van der Waals surface area contributed by atoms with Crippen molar-refractivity contribution in [2.45, 2.75) is 19.5 Å². The van der Waals surface area contributed by atoms with E-state index in [2.05, 4.69) is 20.9 Å². The lowest BCUT2D eigenvalue weighted by Crippen LogP contribution is -2.28. The van der Waals surface area contributed by atoms with Gasteiger partial charge in [-0.25, -0.2) is 9.18 Å². The van der Waals surface area contributed by atoms with Gasteiger partial charge in [0.05, 0.1) is 6.54 Å². The first-order chi connectivity index (χ1) is 10.5. The molecule has 1 aromatic heterocycles. The van der Waals surface area contributed by atoms with Gasteiger partial charge in [-0.2, -0.15) is 4.99 Å². The van der Waals surface area contributed by atoms with E-state index in [0.29, 0.717) is 17.8 Å². The monoisotopic (exact) mass is 383 g/mol. The highest BCUT2D eigenvalue weighted by molar-refractivity contribution is 9.10. The Balaban J connectivity index is 1.97. The molecule has 1 aliphatic rings. The number of carbonyl (C=O) groups excluding carboxylic acids is 1. The van der Waals surface area contributed by atoms with Crippen molar-refractivity contribution in [2.75, 3.05) is 13.1 Å². The quantitative estimate of drug-likeness (QED) is 0.739. The van der Waals surface area contributed by atoms with Crippen LogP contribution in [0.1, 0.15) is 11.3 Å². The molecule has 2 heterocycles. The first-order valence-electron chi connectivity index (χ1n) is 6.95. The van der Waals surface area contributed by atoms with E-state index in [1.165, 1.54) is 16.2 Å². The predicted octanol–water partition coefficient (Wildman–Crippen LogP) is 3.67. The van der Waals surface area contributed by atoms with Crippen LogP contribution in [0, 0.1) is 6.92 Å². The highest BCUT2D eigenvalue weighted by atomic mass is 79.9. The zero-order chi connectivity index (χ0) is 15.7. The van der Waals surface area contributed by atoms with Crippen molar-refractivity contribution >= 4 is 33.3 Å². The van der Waals surface area contributed by atoms with Crippen LogP contribution < -0.4 is 4.80 Å². The largest absolute Gasteiger partial charge is 0.346 e. The molecule has 2 aromatic rings. The Labute approximate surface area is 140 Å². The van der Waals surface area contributed by atoms with Crippen molar-refractivity contribution in [1.82, 2.24) is 9.47 Å². The number of thiazole rings is 1. The van der Waals surface area contributed by atoms with Crippen LogP contribution in [-0.2, 0) is 0 Å². The number of halogens is 2. The minimum absolute atomic E-state index is 0.142. The number of nitrogens with zero attached hydrogens (tertiary/aromatic N) is 3. The van der Waals surface area contributed by atoms with Crippen LogP contribution in [-0.4, -0.2) is 34.8 Å². The molecule has 0 spiro atoms. The number of benzene rings is 1. The lowest BCUT2D eigenvalue weighted by molar-refractivity contribution is 0.213. The highest BCUT2D eigenvalue weighted by Crippen LogP contribution is 2.17. The predicted molar refractivity (Wildman–Crippen MR) is 88.1 cm³/mol. The third-order valence-corrected chi connectivity index (χ3v) is 4.84. The van der Waals surface area contributed by atoms with E-state index in [4.69, 9.17) is 0 Å². The minimum Gasteiger partial charge on any atom is -0.320 e. The Morgan fingerprint density at radius 2 is 2.32 bits per heavy atom. The fourth-order valence-electron chi connectivity index (χ4n) is 2.39. The number of alkyl halides is 1. The zero-order valence-corrected chi connectivity index (χ0v) is 14.4. The third-order valence-electron chi connectivity index (χ3n) is 3.45. The number of hydrogen-bond acceptors (Lipinski definition) is 2. The van der Waals surface area contributed by atoms with Gasteiger partial charge >= 0.3 is 6.03 Å². The first kappa shape index (κ1) is 15.4. The molecular weight excluding hydrogens is 369 g/mol. The molecule has 1 aliphatic heterocycles. The first-order valence-corrected chi connectivity index (χ1v) is 8.56. The number of aromatic nitrogens is 1. The number of rotatable bonds is 1. The maximum atomic E-state index is 13.2. The summed E-state index contributed by atoms with van der Waals surface area (Å²) in [6.45, 7) is 2.55. The Morgan fingerprint density at radius 1 is 1.50 bits per heavy atom.